The van der Waals surface area contributed by atoms with E-state index in [0.717, 1.165) is 19.3 Å². The molecule has 0 saturated carbocycles. The normalized spacial score (nSPS) is 15.2. The predicted octanol–water partition coefficient (Wildman–Crippen LogP) is 3.87. The smallest absolute Gasteiger partial charge is 0.349 e. The van der Waals surface area contributed by atoms with Gasteiger partial charge >= 0.3 is 5.63 Å². The number of piperidine rings is 1. The highest BCUT2D eigenvalue weighted by Gasteiger charge is 2.25. The lowest BCUT2D eigenvalue weighted by molar-refractivity contribution is 0.102. The summed E-state index contributed by atoms with van der Waals surface area (Å²) in [6.45, 7) is 1.03. The fraction of sp³-hybridized carbons (Fsp3) is 0.238. The number of nitrogens with zero attached hydrogens (tertiary/aromatic N) is 1. The number of carbonyl (C=O) groups excluding carboxylic acids is 1. The zero-order chi connectivity index (χ0) is 21.3. The van der Waals surface area contributed by atoms with Crippen molar-refractivity contribution in [3.8, 4) is 0 Å². The second kappa shape index (κ2) is 8.22. The van der Waals surface area contributed by atoms with Gasteiger partial charge in [0.15, 0.2) is 0 Å². The average molecular weight is 447 g/mol. The van der Waals surface area contributed by atoms with Crippen LogP contribution in [0.1, 0.15) is 29.6 Å². The van der Waals surface area contributed by atoms with E-state index >= 15 is 0 Å². The maximum absolute atomic E-state index is 12.7. The summed E-state index contributed by atoms with van der Waals surface area (Å²) in [6, 6.07) is 12.0. The van der Waals surface area contributed by atoms with Crippen LogP contribution in [0.2, 0.25) is 5.02 Å². The van der Waals surface area contributed by atoms with Crippen molar-refractivity contribution in [2.75, 3.05) is 18.4 Å². The summed E-state index contributed by atoms with van der Waals surface area (Å²) >= 11 is 5.95. The van der Waals surface area contributed by atoms with Gasteiger partial charge < -0.3 is 9.73 Å². The van der Waals surface area contributed by atoms with Gasteiger partial charge in [0.1, 0.15) is 11.1 Å². The lowest BCUT2D eigenvalue weighted by Crippen LogP contribution is -2.35. The van der Waals surface area contributed by atoms with E-state index in [0.29, 0.717) is 34.8 Å². The molecule has 1 aromatic heterocycles. The Morgan fingerprint density at radius 1 is 1.00 bits per heavy atom. The maximum Gasteiger partial charge on any atom is 0.349 e. The van der Waals surface area contributed by atoms with Crippen molar-refractivity contribution in [2.45, 2.75) is 24.2 Å². The first kappa shape index (κ1) is 20.6. The van der Waals surface area contributed by atoms with Gasteiger partial charge in [0.2, 0.25) is 10.0 Å². The van der Waals surface area contributed by atoms with Crippen LogP contribution in [0.5, 0.6) is 0 Å². The van der Waals surface area contributed by atoms with Crippen LogP contribution >= 0.6 is 11.6 Å². The van der Waals surface area contributed by atoms with Crippen LogP contribution in [0.25, 0.3) is 11.0 Å². The Hall–Kier alpha value is -2.68. The molecule has 0 atom stereocenters. The van der Waals surface area contributed by atoms with Crippen LogP contribution in [0.4, 0.5) is 5.69 Å². The molecule has 2 aromatic carbocycles. The predicted molar refractivity (Wildman–Crippen MR) is 114 cm³/mol. The molecule has 9 heteroatoms. The van der Waals surface area contributed by atoms with Crippen LogP contribution in [0, 0.1) is 0 Å². The van der Waals surface area contributed by atoms with Crippen LogP contribution in [-0.4, -0.2) is 31.7 Å². The van der Waals surface area contributed by atoms with Crippen LogP contribution in [-0.2, 0) is 10.0 Å². The fourth-order valence-corrected chi connectivity index (χ4v) is 5.11. The molecule has 0 aliphatic carbocycles. The molecule has 1 saturated heterocycles. The molecule has 0 radical (unpaired) electrons. The summed E-state index contributed by atoms with van der Waals surface area (Å²) < 4.78 is 32.1. The summed E-state index contributed by atoms with van der Waals surface area (Å²) in [5.41, 5.74) is -0.252. The van der Waals surface area contributed by atoms with E-state index in [1.165, 1.54) is 34.6 Å². The summed E-state index contributed by atoms with van der Waals surface area (Å²) in [5.74, 6) is -0.655. The maximum atomic E-state index is 12.7. The third-order valence-corrected chi connectivity index (χ3v) is 7.15. The minimum absolute atomic E-state index is 0.169. The number of nitrogens with one attached hydrogen (secondary N) is 1. The van der Waals surface area contributed by atoms with Gasteiger partial charge in [-0.05, 0) is 61.4 Å². The van der Waals surface area contributed by atoms with E-state index in [-0.39, 0.29) is 10.5 Å². The summed E-state index contributed by atoms with van der Waals surface area (Å²) in [6.07, 6.45) is 2.74. The number of amides is 1. The molecule has 1 fully saturated rings. The molecule has 30 heavy (non-hydrogen) atoms. The number of benzene rings is 2. The van der Waals surface area contributed by atoms with Crippen LogP contribution in [0.15, 0.2) is 62.6 Å². The summed E-state index contributed by atoms with van der Waals surface area (Å²) in [5, 5.41) is 3.57. The number of halogens is 1. The average Bonchev–Trinajstić information content (AvgIpc) is 2.74. The molecule has 1 aliphatic heterocycles. The molecule has 0 bridgehead atoms. The van der Waals surface area contributed by atoms with Crippen LogP contribution < -0.4 is 10.9 Å². The molecule has 1 N–H and O–H groups in total. The van der Waals surface area contributed by atoms with Gasteiger partial charge in [-0.2, -0.15) is 4.31 Å². The van der Waals surface area contributed by atoms with E-state index in [4.69, 9.17) is 16.0 Å². The molecular weight excluding hydrogens is 428 g/mol. The lowest BCUT2D eigenvalue weighted by Gasteiger charge is -2.25. The van der Waals surface area contributed by atoms with Crippen LogP contribution in [0.3, 0.4) is 0 Å². The van der Waals surface area contributed by atoms with Gasteiger partial charge in [-0.15, -0.1) is 0 Å². The van der Waals surface area contributed by atoms with Gasteiger partial charge in [0.05, 0.1) is 4.90 Å². The minimum atomic E-state index is -3.55. The van der Waals surface area contributed by atoms with Gasteiger partial charge in [-0.1, -0.05) is 18.0 Å². The van der Waals surface area contributed by atoms with Gasteiger partial charge in [-0.3, -0.25) is 4.79 Å². The second-order valence-electron chi connectivity index (χ2n) is 7.07. The van der Waals surface area contributed by atoms with Crippen molar-refractivity contribution in [1.29, 1.82) is 0 Å². The third kappa shape index (κ3) is 4.12. The Kier molecular flexibility index (Phi) is 5.64. The quantitative estimate of drug-likeness (QED) is 0.613. The van der Waals surface area contributed by atoms with E-state index in [2.05, 4.69) is 5.32 Å². The number of hydrogen-bond acceptors (Lipinski definition) is 5. The van der Waals surface area contributed by atoms with Crippen molar-refractivity contribution in [3.05, 3.63) is 69.5 Å². The van der Waals surface area contributed by atoms with E-state index < -0.39 is 21.6 Å². The van der Waals surface area contributed by atoms with Crippen molar-refractivity contribution in [1.82, 2.24) is 4.31 Å². The summed E-state index contributed by atoms with van der Waals surface area (Å²) in [4.78, 5) is 24.9. The molecule has 7 nitrogen and oxygen atoms in total. The molecule has 4 rings (SSSR count). The van der Waals surface area contributed by atoms with Gasteiger partial charge in [-0.25, -0.2) is 13.2 Å². The van der Waals surface area contributed by atoms with E-state index in [1.807, 2.05) is 0 Å². The molecular formula is C21H19ClN2O5S. The highest BCUT2D eigenvalue weighted by Crippen LogP contribution is 2.23. The summed E-state index contributed by atoms with van der Waals surface area (Å²) in [7, 11) is -3.55. The zero-order valence-corrected chi connectivity index (χ0v) is 17.5. The number of anilines is 1. The first-order valence-electron chi connectivity index (χ1n) is 9.49. The molecule has 1 amide bonds. The fourth-order valence-electron chi connectivity index (χ4n) is 3.42. The van der Waals surface area contributed by atoms with Crippen molar-refractivity contribution in [3.63, 3.8) is 0 Å². The highest BCUT2D eigenvalue weighted by molar-refractivity contribution is 7.89. The van der Waals surface area contributed by atoms with E-state index in [9.17, 15) is 18.0 Å². The number of sulfonamides is 1. The monoisotopic (exact) mass is 446 g/mol. The number of hydrogen-bond donors (Lipinski definition) is 1. The molecule has 3 aromatic rings. The number of fused-ring (bicyclic) bond motifs is 1. The van der Waals surface area contributed by atoms with Crippen molar-refractivity contribution >= 4 is 44.2 Å². The third-order valence-electron chi connectivity index (χ3n) is 5.00. The van der Waals surface area contributed by atoms with Crippen molar-refractivity contribution < 1.29 is 17.6 Å². The van der Waals surface area contributed by atoms with Gasteiger partial charge in [0, 0.05) is 29.2 Å². The number of rotatable bonds is 4. The van der Waals surface area contributed by atoms with Gasteiger partial charge in [0.25, 0.3) is 5.91 Å². The Labute approximate surface area is 178 Å². The lowest BCUT2D eigenvalue weighted by atomic mass is 10.1. The Balaban J connectivity index is 1.55. The SMILES string of the molecule is O=C(Nc1ccc(S(=O)(=O)N2CCCCC2)cc1)c1cc2cc(Cl)ccc2oc1=O. The first-order valence-corrected chi connectivity index (χ1v) is 11.3. The first-order chi connectivity index (χ1) is 14.3. The zero-order valence-electron chi connectivity index (χ0n) is 15.9. The van der Waals surface area contributed by atoms with Crippen molar-refractivity contribution in [2.24, 2.45) is 0 Å². The topological polar surface area (TPSA) is 96.7 Å². The second-order valence-corrected chi connectivity index (χ2v) is 9.45. The number of carbonyl (C=O) groups is 1. The molecule has 156 valence electrons. The molecule has 0 unspecified atom stereocenters. The highest BCUT2D eigenvalue weighted by atomic mass is 35.5. The Morgan fingerprint density at radius 3 is 2.40 bits per heavy atom. The molecule has 1 aliphatic rings. The van der Waals surface area contributed by atoms with E-state index in [1.54, 1.807) is 18.2 Å². The standard InChI is InChI=1S/C21H19ClN2O5S/c22-15-4-9-19-14(12-15)13-18(21(26)29-19)20(25)23-16-5-7-17(8-6-16)30(27,28)24-10-2-1-3-11-24/h4-9,12-13H,1-3,10-11H2,(H,23,25). The minimum Gasteiger partial charge on any atom is -0.422 e. The molecule has 2 heterocycles. The Morgan fingerprint density at radius 2 is 1.70 bits per heavy atom. The molecule has 0 spiro atoms. The largest absolute Gasteiger partial charge is 0.422 e. The Bertz CT molecular complexity index is 1260.